The molecule has 0 amide bonds. The van der Waals surface area contributed by atoms with Crippen molar-refractivity contribution in [2.45, 2.75) is 226 Å². The van der Waals surface area contributed by atoms with E-state index in [1.54, 1.807) is 47.1 Å². The van der Waals surface area contributed by atoms with Crippen LogP contribution in [0.2, 0.25) is 0 Å². The number of hydrogen-bond acceptors (Lipinski definition) is 6. The van der Waals surface area contributed by atoms with Gasteiger partial charge in [0.2, 0.25) is 0 Å². The molecule has 376 valence electrons. The average Bonchev–Trinajstić information content (AvgIpc) is 3.23. The van der Waals surface area contributed by atoms with Crippen molar-refractivity contribution >= 4 is 11.6 Å². The second-order valence-corrected chi connectivity index (χ2v) is 21.7. The zero-order valence-electron chi connectivity index (χ0n) is 45.9. The van der Waals surface area contributed by atoms with Crippen LogP contribution in [0, 0.1) is 77.0 Å². The summed E-state index contributed by atoms with van der Waals surface area (Å²) < 4.78 is 11.2. The molecule has 0 saturated carbocycles. The van der Waals surface area contributed by atoms with Gasteiger partial charge in [-0.2, -0.15) is 0 Å². The minimum atomic E-state index is -0.226. The lowest BCUT2D eigenvalue weighted by molar-refractivity contribution is 0.103. The molecule has 0 aliphatic heterocycles. The van der Waals surface area contributed by atoms with Crippen LogP contribution in [0.5, 0.6) is 23.0 Å². The Morgan fingerprint density at radius 2 is 0.742 bits per heavy atom. The summed E-state index contributed by atoms with van der Waals surface area (Å²) in [7, 11) is 3.29. The molecule has 6 heteroatoms. The number of methoxy groups -OCH3 is 2. The molecule has 0 heterocycles. The third kappa shape index (κ3) is 21.2. The van der Waals surface area contributed by atoms with Crippen molar-refractivity contribution in [3.05, 3.63) is 67.8 Å². The number of hydrogen-bond donors (Lipinski definition) is 2. The lowest BCUT2D eigenvalue weighted by Gasteiger charge is -2.19. The third-order valence-corrected chi connectivity index (χ3v) is 14.4. The van der Waals surface area contributed by atoms with Crippen LogP contribution in [0.15, 0.2) is 23.3 Å². The van der Waals surface area contributed by atoms with Crippen molar-refractivity contribution in [1.82, 2.24) is 0 Å². The standard InChI is InChI=1S/C31H52O3.C29H48O3/c1-21(2)14-11-15-22(3)16-12-17-23(4)18-13-19-24(5)20-28(32)29-27(8)30(33-9)25(6)26(7)31(29)34-10;1-19(2)12-9-13-20(3)14-10-15-21(4)16-11-17-22(5)18-26(30)27-25(8)28(31)23(6)24(7)29(27)32/h20-23H,11-19H2,1-10H3;18-21,31-32H,9-17H2,1-8H3. The predicted octanol–water partition coefficient (Wildman–Crippen LogP) is 17.8. The second-order valence-electron chi connectivity index (χ2n) is 21.7. The van der Waals surface area contributed by atoms with Gasteiger partial charge in [-0.25, -0.2) is 0 Å². The van der Waals surface area contributed by atoms with Crippen LogP contribution in [-0.4, -0.2) is 36.0 Å². The Balaban J connectivity index is 0.000000661. The quantitative estimate of drug-likeness (QED) is 0.0461. The Morgan fingerprint density at radius 1 is 0.424 bits per heavy atom. The van der Waals surface area contributed by atoms with E-state index in [4.69, 9.17) is 9.47 Å². The Hall–Kier alpha value is -3.54. The topological polar surface area (TPSA) is 93.1 Å². The lowest BCUT2D eigenvalue weighted by atomic mass is 9.91. The van der Waals surface area contributed by atoms with Gasteiger partial charge in [0.05, 0.1) is 25.3 Å². The summed E-state index contributed by atoms with van der Waals surface area (Å²) in [6.07, 6.45) is 26.0. The van der Waals surface area contributed by atoms with Crippen LogP contribution in [-0.2, 0) is 0 Å². The van der Waals surface area contributed by atoms with Gasteiger partial charge in [-0.05, 0) is 151 Å². The highest BCUT2D eigenvalue weighted by Crippen LogP contribution is 2.39. The molecule has 2 N–H and O–H groups in total. The molecule has 2 aromatic carbocycles. The fraction of sp³-hybridized carbons (Fsp3) is 0.700. The summed E-state index contributed by atoms with van der Waals surface area (Å²) in [5.74, 6) is 6.09. The number of benzene rings is 2. The Kier molecular flexibility index (Phi) is 28.9. The van der Waals surface area contributed by atoms with Gasteiger partial charge in [-0.15, -0.1) is 0 Å². The largest absolute Gasteiger partial charge is 0.507 e. The molecule has 0 saturated heterocycles. The van der Waals surface area contributed by atoms with Gasteiger partial charge in [-0.1, -0.05) is 156 Å². The van der Waals surface area contributed by atoms with Crippen LogP contribution in [0.25, 0.3) is 0 Å². The summed E-state index contributed by atoms with van der Waals surface area (Å²) in [6, 6.07) is 0. The van der Waals surface area contributed by atoms with Crippen LogP contribution in [0.4, 0.5) is 0 Å². The van der Waals surface area contributed by atoms with Gasteiger partial charge in [-0.3, -0.25) is 9.59 Å². The SMILES string of the molecule is CC(=CC(=O)c1c(C)c(O)c(C)c(C)c1O)CCCC(C)CCCC(C)CCCC(C)C.COc1c(C)c(C)c(OC)c(C(=O)C=C(C)CCCC(C)CCCC(C)CCCC(C)C)c1C. The van der Waals surface area contributed by atoms with Gasteiger partial charge < -0.3 is 19.7 Å². The molecule has 2 rings (SSSR count). The molecule has 0 aliphatic rings. The lowest BCUT2D eigenvalue weighted by Crippen LogP contribution is -2.08. The molecule has 0 fully saturated rings. The molecule has 4 unspecified atom stereocenters. The Bertz CT molecular complexity index is 1810. The highest BCUT2D eigenvalue weighted by atomic mass is 16.5. The fourth-order valence-electron chi connectivity index (χ4n) is 9.52. The molecule has 0 spiro atoms. The molecular formula is C60H100O6. The minimum Gasteiger partial charge on any atom is -0.507 e. The molecule has 2 aromatic rings. The van der Waals surface area contributed by atoms with E-state index < -0.39 is 0 Å². The molecule has 0 bridgehead atoms. The van der Waals surface area contributed by atoms with E-state index in [1.807, 2.05) is 27.7 Å². The summed E-state index contributed by atoms with van der Waals surface area (Å²) >= 11 is 0. The first kappa shape index (κ1) is 60.5. The van der Waals surface area contributed by atoms with Gasteiger partial charge in [0, 0.05) is 11.1 Å². The number of rotatable bonds is 30. The molecule has 6 nitrogen and oxygen atoms in total. The minimum absolute atomic E-state index is 0.00718. The fourth-order valence-corrected chi connectivity index (χ4v) is 9.52. The van der Waals surface area contributed by atoms with Crippen LogP contribution in [0.3, 0.4) is 0 Å². The normalized spacial score (nSPS) is 13.9. The second kappa shape index (κ2) is 31.5. The smallest absolute Gasteiger partial charge is 0.189 e. The predicted molar refractivity (Wildman–Crippen MR) is 283 cm³/mol. The zero-order chi connectivity index (χ0) is 50.3. The van der Waals surface area contributed by atoms with E-state index >= 15 is 0 Å². The number of aromatic hydroxyl groups is 2. The molecular weight excluding hydrogens is 817 g/mol. The monoisotopic (exact) mass is 917 g/mol. The number of ether oxygens (including phenoxy) is 2. The number of phenolic OH excluding ortho intramolecular Hbond substituents is 2. The van der Waals surface area contributed by atoms with Gasteiger partial charge in [0.25, 0.3) is 0 Å². The molecule has 0 radical (unpaired) electrons. The van der Waals surface area contributed by atoms with Crippen molar-refractivity contribution in [2.24, 2.45) is 35.5 Å². The number of allylic oxidation sites excluding steroid dienone is 4. The molecule has 4 atom stereocenters. The van der Waals surface area contributed by atoms with Crippen molar-refractivity contribution < 1.29 is 29.3 Å². The van der Waals surface area contributed by atoms with E-state index in [9.17, 15) is 19.8 Å². The van der Waals surface area contributed by atoms with Crippen molar-refractivity contribution in [3.8, 4) is 23.0 Å². The summed E-state index contributed by atoms with van der Waals surface area (Å²) in [5.41, 5.74) is 7.47. The molecule has 0 aromatic heterocycles. The van der Waals surface area contributed by atoms with Gasteiger partial charge in [0.1, 0.15) is 23.0 Å². The third-order valence-electron chi connectivity index (χ3n) is 14.4. The number of ketones is 2. The molecule has 66 heavy (non-hydrogen) atoms. The Labute approximate surface area is 406 Å². The van der Waals surface area contributed by atoms with Crippen LogP contribution < -0.4 is 9.47 Å². The zero-order valence-corrected chi connectivity index (χ0v) is 45.9. The maximum absolute atomic E-state index is 13.2. The Morgan fingerprint density at radius 3 is 1.11 bits per heavy atom. The first-order valence-electron chi connectivity index (χ1n) is 26.1. The van der Waals surface area contributed by atoms with Crippen molar-refractivity contribution in [2.75, 3.05) is 14.2 Å². The van der Waals surface area contributed by atoms with Gasteiger partial charge >= 0.3 is 0 Å². The van der Waals surface area contributed by atoms with Crippen molar-refractivity contribution in [1.29, 1.82) is 0 Å². The number of phenols is 2. The number of carbonyl (C=O) groups excluding carboxylic acids is 2. The van der Waals surface area contributed by atoms with Gasteiger partial charge in [0.15, 0.2) is 11.6 Å². The van der Waals surface area contributed by atoms with E-state index in [0.717, 1.165) is 88.9 Å². The number of carbonyl (C=O) groups is 2. The summed E-state index contributed by atoms with van der Waals surface area (Å²) in [6.45, 7) is 33.9. The van der Waals surface area contributed by atoms with Crippen molar-refractivity contribution in [3.63, 3.8) is 0 Å². The maximum atomic E-state index is 13.2. The highest BCUT2D eigenvalue weighted by Gasteiger charge is 2.23. The first-order chi connectivity index (χ1) is 31.0. The van der Waals surface area contributed by atoms with E-state index in [0.29, 0.717) is 33.9 Å². The van der Waals surface area contributed by atoms with Crippen LogP contribution in [0.1, 0.15) is 239 Å². The molecule has 0 aliphatic carbocycles. The summed E-state index contributed by atoms with van der Waals surface area (Å²) in [4.78, 5) is 26.0. The van der Waals surface area contributed by atoms with Crippen LogP contribution >= 0.6 is 0 Å². The van der Waals surface area contributed by atoms with E-state index in [-0.39, 0.29) is 28.6 Å². The highest BCUT2D eigenvalue weighted by molar-refractivity contribution is 6.09. The average molecular weight is 917 g/mol. The van der Waals surface area contributed by atoms with E-state index in [2.05, 4.69) is 62.3 Å². The summed E-state index contributed by atoms with van der Waals surface area (Å²) in [5, 5.41) is 20.7. The first-order valence-corrected chi connectivity index (χ1v) is 26.1. The maximum Gasteiger partial charge on any atom is 0.189 e. The van der Waals surface area contributed by atoms with E-state index in [1.165, 1.54) is 89.9 Å².